The Kier molecular flexibility index (Phi) is 7.49. The standard InChI is InChI=1S/C5H13N2O4P.ClH/c6-3-12(10,11)2-1-4(7)5(8)9;/h4H,1-3,6-7H2,(H,8,9)(H,10,11);1H/t4-;/m0./s1. The van der Waals surface area contributed by atoms with E-state index in [2.05, 4.69) is 0 Å². The van der Waals surface area contributed by atoms with Crippen LogP contribution in [0.4, 0.5) is 0 Å². The molecule has 1 unspecified atom stereocenters. The first kappa shape index (κ1) is 15.3. The zero-order valence-electron chi connectivity index (χ0n) is 6.92. The average molecular weight is 233 g/mol. The van der Waals surface area contributed by atoms with Gasteiger partial charge in [-0.3, -0.25) is 9.36 Å². The van der Waals surface area contributed by atoms with Crippen molar-refractivity contribution in [3.8, 4) is 0 Å². The lowest BCUT2D eigenvalue weighted by Gasteiger charge is -2.10. The van der Waals surface area contributed by atoms with E-state index in [1.54, 1.807) is 0 Å². The lowest BCUT2D eigenvalue weighted by Crippen LogP contribution is -2.31. The number of hydrogen-bond donors (Lipinski definition) is 4. The first-order valence-electron chi connectivity index (χ1n) is 3.38. The van der Waals surface area contributed by atoms with Gasteiger partial charge in [0.1, 0.15) is 6.04 Å². The maximum atomic E-state index is 10.9. The molecule has 0 aromatic rings. The van der Waals surface area contributed by atoms with Crippen molar-refractivity contribution in [2.75, 3.05) is 12.4 Å². The second-order valence-corrected chi connectivity index (χ2v) is 4.99. The van der Waals surface area contributed by atoms with E-state index in [-0.39, 0.29) is 31.3 Å². The summed E-state index contributed by atoms with van der Waals surface area (Å²) in [6.07, 6.45) is -0.503. The minimum atomic E-state index is -3.33. The first-order valence-corrected chi connectivity index (χ1v) is 5.41. The van der Waals surface area contributed by atoms with Crippen molar-refractivity contribution >= 4 is 25.7 Å². The molecule has 0 rings (SSSR count). The molecule has 0 radical (unpaired) electrons. The van der Waals surface area contributed by atoms with Crippen LogP contribution in [0.25, 0.3) is 0 Å². The topological polar surface area (TPSA) is 127 Å². The smallest absolute Gasteiger partial charge is 0.320 e. The third-order valence-electron chi connectivity index (χ3n) is 1.39. The van der Waals surface area contributed by atoms with Gasteiger partial charge in [0.2, 0.25) is 7.37 Å². The molecule has 0 aliphatic rings. The van der Waals surface area contributed by atoms with E-state index >= 15 is 0 Å². The zero-order chi connectivity index (χ0) is 9.78. The molecule has 0 amide bonds. The van der Waals surface area contributed by atoms with Gasteiger partial charge in [-0.05, 0) is 6.42 Å². The molecular formula is C5H14ClN2O4P. The van der Waals surface area contributed by atoms with E-state index in [0.717, 1.165) is 0 Å². The van der Waals surface area contributed by atoms with E-state index in [1.807, 2.05) is 0 Å². The van der Waals surface area contributed by atoms with E-state index in [1.165, 1.54) is 0 Å². The minimum absolute atomic E-state index is 0. The van der Waals surface area contributed by atoms with E-state index in [4.69, 9.17) is 21.5 Å². The van der Waals surface area contributed by atoms with Crippen LogP contribution in [0.2, 0.25) is 0 Å². The van der Waals surface area contributed by atoms with Crippen LogP contribution in [0.1, 0.15) is 6.42 Å². The predicted octanol–water partition coefficient (Wildman–Crippen LogP) is -0.603. The highest BCUT2D eigenvalue weighted by Crippen LogP contribution is 2.38. The number of aliphatic carboxylic acids is 1. The van der Waals surface area contributed by atoms with Gasteiger partial charge in [-0.15, -0.1) is 12.4 Å². The molecule has 0 aliphatic heterocycles. The lowest BCUT2D eigenvalue weighted by atomic mass is 10.2. The van der Waals surface area contributed by atoms with Crippen LogP contribution >= 0.6 is 19.8 Å². The average Bonchev–Trinajstić information content (AvgIpc) is 2.00. The van der Waals surface area contributed by atoms with E-state index in [9.17, 15) is 9.36 Å². The molecule has 6 nitrogen and oxygen atoms in total. The fourth-order valence-corrected chi connectivity index (χ4v) is 1.42. The van der Waals surface area contributed by atoms with Gasteiger partial charge in [0.25, 0.3) is 0 Å². The highest BCUT2D eigenvalue weighted by molar-refractivity contribution is 7.57. The van der Waals surface area contributed by atoms with Gasteiger partial charge < -0.3 is 21.5 Å². The fourth-order valence-electron chi connectivity index (χ4n) is 0.556. The van der Waals surface area contributed by atoms with Crippen molar-refractivity contribution in [3.63, 3.8) is 0 Å². The van der Waals surface area contributed by atoms with Gasteiger partial charge in [-0.2, -0.15) is 0 Å². The van der Waals surface area contributed by atoms with Crippen LogP contribution in [-0.4, -0.2) is 34.5 Å². The molecule has 0 fully saturated rings. The molecule has 0 bridgehead atoms. The third-order valence-corrected chi connectivity index (χ3v) is 2.92. The summed E-state index contributed by atoms with van der Waals surface area (Å²) in [5, 5.41) is 8.32. The second kappa shape index (κ2) is 6.34. The van der Waals surface area contributed by atoms with Gasteiger partial charge >= 0.3 is 5.97 Å². The molecule has 0 saturated carbocycles. The van der Waals surface area contributed by atoms with Crippen LogP contribution in [0.3, 0.4) is 0 Å². The maximum absolute atomic E-state index is 10.9. The summed E-state index contributed by atoms with van der Waals surface area (Å²) >= 11 is 0. The van der Waals surface area contributed by atoms with E-state index in [0.29, 0.717) is 0 Å². The number of nitrogens with two attached hydrogens (primary N) is 2. The van der Waals surface area contributed by atoms with Crippen molar-refractivity contribution < 1.29 is 19.4 Å². The molecule has 0 heterocycles. The Morgan fingerprint density at radius 1 is 1.54 bits per heavy atom. The molecule has 0 saturated heterocycles. The largest absolute Gasteiger partial charge is 0.480 e. The van der Waals surface area contributed by atoms with E-state index < -0.39 is 19.4 Å². The summed E-state index contributed by atoms with van der Waals surface area (Å²) in [5.41, 5.74) is 10.1. The van der Waals surface area contributed by atoms with Crippen LogP contribution in [-0.2, 0) is 9.36 Å². The molecule has 0 spiro atoms. The molecular weight excluding hydrogens is 218 g/mol. The third kappa shape index (κ3) is 6.98. The van der Waals surface area contributed by atoms with Gasteiger partial charge in [0, 0.05) is 6.16 Å². The number of carboxylic acid groups (broad SMARTS) is 1. The molecule has 0 aromatic heterocycles. The Labute approximate surface area is 82.2 Å². The van der Waals surface area contributed by atoms with Gasteiger partial charge in [-0.1, -0.05) is 0 Å². The number of carbonyl (C=O) groups is 1. The summed E-state index contributed by atoms with van der Waals surface area (Å²) in [6.45, 7) is 0. The van der Waals surface area contributed by atoms with Crippen molar-refractivity contribution in [3.05, 3.63) is 0 Å². The number of rotatable bonds is 5. The van der Waals surface area contributed by atoms with Crippen molar-refractivity contribution in [1.82, 2.24) is 0 Å². The summed E-state index contributed by atoms with van der Waals surface area (Å²) < 4.78 is 10.9. The zero-order valence-corrected chi connectivity index (χ0v) is 8.63. The Morgan fingerprint density at radius 3 is 2.31 bits per heavy atom. The monoisotopic (exact) mass is 232 g/mol. The normalized spacial score (nSPS) is 16.8. The minimum Gasteiger partial charge on any atom is -0.480 e. The number of halogens is 1. The molecule has 6 N–H and O–H groups in total. The van der Waals surface area contributed by atoms with Crippen LogP contribution in [0, 0.1) is 0 Å². The number of hydrogen-bond acceptors (Lipinski definition) is 4. The van der Waals surface area contributed by atoms with Crippen LogP contribution < -0.4 is 11.5 Å². The maximum Gasteiger partial charge on any atom is 0.320 e. The fraction of sp³-hybridized carbons (Fsp3) is 0.800. The van der Waals surface area contributed by atoms with Gasteiger partial charge in [0.05, 0.1) is 6.29 Å². The summed E-state index contributed by atoms with van der Waals surface area (Å²) in [6, 6.07) is -1.09. The SMILES string of the molecule is Cl.NCP(=O)(O)CC[C@H](N)C(=O)O. The summed E-state index contributed by atoms with van der Waals surface area (Å²) in [5.74, 6) is -1.17. The molecule has 80 valence electrons. The van der Waals surface area contributed by atoms with Gasteiger partial charge in [0.15, 0.2) is 0 Å². The Balaban J connectivity index is 0. The van der Waals surface area contributed by atoms with Crippen LogP contribution in [0.15, 0.2) is 0 Å². The highest BCUT2D eigenvalue weighted by atomic mass is 35.5. The highest BCUT2D eigenvalue weighted by Gasteiger charge is 2.19. The van der Waals surface area contributed by atoms with Crippen molar-refractivity contribution in [2.24, 2.45) is 11.5 Å². The first-order chi connectivity index (χ1) is 5.39. The quantitative estimate of drug-likeness (QED) is 0.469. The lowest BCUT2D eigenvalue weighted by molar-refractivity contribution is -0.138. The predicted molar refractivity (Wildman–Crippen MR) is 51.2 cm³/mol. The Morgan fingerprint density at radius 2 is 2.00 bits per heavy atom. The van der Waals surface area contributed by atoms with Gasteiger partial charge in [-0.25, -0.2) is 0 Å². The molecule has 0 aliphatic carbocycles. The number of carboxylic acids is 1. The molecule has 2 atom stereocenters. The summed E-state index contributed by atoms with van der Waals surface area (Å²) in [4.78, 5) is 19.1. The Hall–Kier alpha value is -0.130. The second-order valence-electron chi connectivity index (χ2n) is 2.49. The van der Waals surface area contributed by atoms with Crippen molar-refractivity contribution in [2.45, 2.75) is 12.5 Å². The summed E-state index contributed by atoms with van der Waals surface area (Å²) in [7, 11) is -3.33. The molecule has 8 heteroatoms. The molecule has 0 aromatic carbocycles. The molecule has 13 heavy (non-hydrogen) atoms. The van der Waals surface area contributed by atoms with Crippen molar-refractivity contribution in [1.29, 1.82) is 0 Å². The van der Waals surface area contributed by atoms with Crippen LogP contribution in [0.5, 0.6) is 0 Å². The Bertz CT molecular complexity index is 213.